The third kappa shape index (κ3) is 3.12. The van der Waals surface area contributed by atoms with E-state index in [9.17, 15) is 4.79 Å². The number of methoxy groups -OCH3 is 1. The maximum absolute atomic E-state index is 11.4. The molecule has 2 unspecified atom stereocenters. The zero-order chi connectivity index (χ0) is 14.5. The Labute approximate surface area is 120 Å². The van der Waals surface area contributed by atoms with E-state index >= 15 is 0 Å². The van der Waals surface area contributed by atoms with Gasteiger partial charge in [-0.2, -0.15) is 0 Å². The molecule has 0 aromatic heterocycles. The number of fused-ring (bicyclic) bond motifs is 1. The highest BCUT2D eigenvalue weighted by atomic mass is 16.5. The van der Waals surface area contributed by atoms with E-state index < -0.39 is 0 Å². The number of hydrogen-bond acceptors (Lipinski definition) is 4. The Bertz CT molecular complexity index is 473. The molecule has 0 bridgehead atoms. The number of esters is 1. The summed E-state index contributed by atoms with van der Waals surface area (Å²) in [6.07, 6.45) is 3.05. The van der Waals surface area contributed by atoms with Gasteiger partial charge in [-0.15, -0.1) is 0 Å². The van der Waals surface area contributed by atoms with Gasteiger partial charge in [-0.25, -0.2) is 0 Å². The van der Waals surface area contributed by atoms with E-state index in [1.807, 2.05) is 19.1 Å². The molecule has 0 fully saturated rings. The molecule has 2 atom stereocenters. The SMILES string of the molecule is CCOC(=O)CCCC1c2cccc(OC)c2CC1N. The number of nitrogens with two attached hydrogens (primary N) is 1. The fourth-order valence-electron chi connectivity index (χ4n) is 3.02. The molecule has 0 saturated heterocycles. The van der Waals surface area contributed by atoms with Crippen LogP contribution in [0, 0.1) is 0 Å². The minimum absolute atomic E-state index is 0.114. The monoisotopic (exact) mass is 277 g/mol. The highest BCUT2D eigenvalue weighted by Gasteiger charge is 2.31. The number of carbonyl (C=O) groups excluding carboxylic acids is 1. The molecule has 1 aliphatic carbocycles. The van der Waals surface area contributed by atoms with Crippen molar-refractivity contribution in [2.24, 2.45) is 5.73 Å². The Morgan fingerprint density at radius 2 is 2.25 bits per heavy atom. The maximum atomic E-state index is 11.4. The average Bonchev–Trinajstić information content (AvgIpc) is 2.75. The van der Waals surface area contributed by atoms with Gasteiger partial charge in [0.05, 0.1) is 13.7 Å². The normalized spacial score (nSPS) is 20.6. The summed E-state index contributed by atoms with van der Waals surface area (Å²) in [7, 11) is 1.69. The smallest absolute Gasteiger partial charge is 0.305 e. The van der Waals surface area contributed by atoms with E-state index in [0.29, 0.717) is 18.9 Å². The van der Waals surface area contributed by atoms with Crippen molar-refractivity contribution in [1.82, 2.24) is 0 Å². The van der Waals surface area contributed by atoms with E-state index in [1.54, 1.807) is 7.11 Å². The van der Waals surface area contributed by atoms with E-state index in [-0.39, 0.29) is 12.0 Å². The maximum Gasteiger partial charge on any atom is 0.305 e. The number of carbonyl (C=O) groups is 1. The topological polar surface area (TPSA) is 61.5 Å². The lowest BCUT2D eigenvalue weighted by molar-refractivity contribution is -0.143. The van der Waals surface area contributed by atoms with Crippen LogP contribution in [0.1, 0.15) is 43.2 Å². The molecule has 1 aromatic carbocycles. The molecule has 1 aromatic rings. The molecule has 0 radical (unpaired) electrons. The Morgan fingerprint density at radius 3 is 2.95 bits per heavy atom. The summed E-state index contributed by atoms with van der Waals surface area (Å²) in [5.41, 5.74) is 8.76. The molecule has 20 heavy (non-hydrogen) atoms. The lowest BCUT2D eigenvalue weighted by Crippen LogP contribution is -2.25. The Balaban J connectivity index is 1.99. The first-order chi connectivity index (χ1) is 9.67. The van der Waals surface area contributed by atoms with Crippen molar-refractivity contribution in [2.45, 2.75) is 44.6 Å². The fraction of sp³-hybridized carbons (Fsp3) is 0.562. The third-order valence-corrected chi connectivity index (χ3v) is 3.95. The van der Waals surface area contributed by atoms with E-state index in [1.165, 1.54) is 11.1 Å². The second-order valence-electron chi connectivity index (χ2n) is 5.20. The van der Waals surface area contributed by atoms with Gasteiger partial charge >= 0.3 is 5.97 Å². The van der Waals surface area contributed by atoms with Crippen LogP contribution in [0.5, 0.6) is 5.75 Å². The number of rotatable bonds is 6. The third-order valence-electron chi connectivity index (χ3n) is 3.95. The van der Waals surface area contributed by atoms with Gasteiger partial charge in [0.25, 0.3) is 0 Å². The molecule has 2 N–H and O–H groups in total. The number of benzene rings is 1. The molecule has 110 valence electrons. The van der Waals surface area contributed by atoms with Crippen LogP contribution in [0.15, 0.2) is 18.2 Å². The quantitative estimate of drug-likeness (QED) is 0.811. The second kappa shape index (κ2) is 6.75. The summed E-state index contributed by atoms with van der Waals surface area (Å²) < 4.78 is 10.3. The summed E-state index contributed by atoms with van der Waals surface area (Å²) in [6, 6.07) is 6.23. The standard InChI is InChI=1S/C16H23NO3/c1-3-20-16(18)9-5-7-12-11-6-4-8-15(19-2)13(11)10-14(12)17/h4,6,8,12,14H,3,5,7,9-10,17H2,1-2H3. The highest BCUT2D eigenvalue weighted by Crippen LogP contribution is 2.40. The first-order valence-corrected chi connectivity index (χ1v) is 7.24. The summed E-state index contributed by atoms with van der Waals surface area (Å²) in [4.78, 5) is 11.4. The zero-order valence-corrected chi connectivity index (χ0v) is 12.2. The van der Waals surface area contributed by atoms with Crippen LogP contribution in [0.2, 0.25) is 0 Å². The van der Waals surface area contributed by atoms with Crippen molar-refractivity contribution in [2.75, 3.05) is 13.7 Å². The molecule has 0 amide bonds. The van der Waals surface area contributed by atoms with Crippen LogP contribution >= 0.6 is 0 Å². The van der Waals surface area contributed by atoms with E-state index in [2.05, 4.69) is 6.07 Å². The molecular weight excluding hydrogens is 254 g/mol. The predicted octanol–water partition coefficient (Wildman–Crippen LogP) is 2.40. The van der Waals surface area contributed by atoms with Gasteiger partial charge in [-0.3, -0.25) is 4.79 Å². The van der Waals surface area contributed by atoms with Gasteiger partial charge in [0.1, 0.15) is 5.75 Å². The Morgan fingerprint density at radius 1 is 1.45 bits per heavy atom. The second-order valence-corrected chi connectivity index (χ2v) is 5.20. The van der Waals surface area contributed by atoms with E-state index in [4.69, 9.17) is 15.2 Å². The minimum Gasteiger partial charge on any atom is -0.496 e. The molecule has 0 aliphatic heterocycles. The van der Waals surface area contributed by atoms with Crippen LogP contribution in [0.25, 0.3) is 0 Å². The van der Waals surface area contributed by atoms with Crippen LogP contribution in [0.4, 0.5) is 0 Å². The fourth-order valence-corrected chi connectivity index (χ4v) is 3.02. The Hall–Kier alpha value is -1.55. The summed E-state index contributed by atoms with van der Waals surface area (Å²) in [5.74, 6) is 1.12. The lowest BCUT2D eigenvalue weighted by Gasteiger charge is -2.16. The van der Waals surface area contributed by atoms with Crippen molar-refractivity contribution in [3.05, 3.63) is 29.3 Å². The summed E-state index contributed by atoms with van der Waals surface area (Å²) in [5, 5.41) is 0. The van der Waals surface area contributed by atoms with Gasteiger partial charge in [-0.05, 0) is 49.3 Å². The minimum atomic E-state index is -0.120. The zero-order valence-electron chi connectivity index (χ0n) is 12.2. The molecule has 0 spiro atoms. The summed E-state index contributed by atoms with van der Waals surface area (Å²) in [6.45, 7) is 2.27. The lowest BCUT2D eigenvalue weighted by atomic mass is 9.93. The molecule has 0 heterocycles. The predicted molar refractivity (Wildman–Crippen MR) is 77.9 cm³/mol. The first kappa shape index (κ1) is 14.9. The number of ether oxygens (including phenoxy) is 2. The molecule has 0 saturated carbocycles. The van der Waals surface area contributed by atoms with Gasteiger partial charge in [0, 0.05) is 12.5 Å². The molecular formula is C16H23NO3. The van der Waals surface area contributed by atoms with Crippen molar-refractivity contribution in [3.63, 3.8) is 0 Å². The van der Waals surface area contributed by atoms with Gasteiger partial charge < -0.3 is 15.2 Å². The molecule has 4 heteroatoms. The van der Waals surface area contributed by atoms with Crippen LogP contribution < -0.4 is 10.5 Å². The van der Waals surface area contributed by atoms with Gasteiger partial charge in [-0.1, -0.05) is 12.1 Å². The highest BCUT2D eigenvalue weighted by molar-refractivity contribution is 5.69. The van der Waals surface area contributed by atoms with Crippen LogP contribution in [-0.4, -0.2) is 25.7 Å². The van der Waals surface area contributed by atoms with Crippen LogP contribution in [-0.2, 0) is 16.0 Å². The molecule has 1 aliphatic rings. The molecule has 2 rings (SSSR count). The van der Waals surface area contributed by atoms with E-state index in [0.717, 1.165) is 25.0 Å². The van der Waals surface area contributed by atoms with Crippen molar-refractivity contribution >= 4 is 5.97 Å². The summed E-state index contributed by atoms with van der Waals surface area (Å²) >= 11 is 0. The van der Waals surface area contributed by atoms with Gasteiger partial charge in [0.15, 0.2) is 0 Å². The molecule has 4 nitrogen and oxygen atoms in total. The van der Waals surface area contributed by atoms with Crippen molar-refractivity contribution < 1.29 is 14.3 Å². The van der Waals surface area contributed by atoms with Crippen LogP contribution in [0.3, 0.4) is 0 Å². The first-order valence-electron chi connectivity index (χ1n) is 7.24. The van der Waals surface area contributed by atoms with Crippen molar-refractivity contribution in [1.29, 1.82) is 0 Å². The van der Waals surface area contributed by atoms with Crippen molar-refractivity contribution in [3.8, 4) is 5.75 Å². The Kier molecular flexibility index (Phi) is 5.01. The largest absolute Gasteiger partial charge is 0.496 e. The number of hydrogen-bond donors (Lipinski definition) is 1. The average molecular weight is 277 g/mol. The van der Waals surface area contributed by atoms with Gasteiger partial charge in [0.2, 0.25) is 0 Å².